The van der Waals surface area contributed by atoms with Crippen molar-refractivity contribution in [1.82, 2.24) is 5.43 Å². The highest BCUT2D eigenvalue weighted by Gasteiger charge is 2.09. The average Bonchev–Trinajstić information content (AvgIpc) is 2.04. The van der Waals surface area contributed by atoms with Gasteiger partial charge < -0.3 is 0 Å². The second kappa shape index (κ2) is 7.90. The van der Waals surface area contributed by atoms with Crippen LogP contribution in [0.2, 0.25) is 0 Å². The summed E-state index contributed by atoms with van der Waals surface area (Å²) in [6.07, 6.45) is 5.91. The van der Waals surface area contributed by atoms with E-state index in [1.54, 1.807) is 0 Å². The number of nitrogens with one attached hydrogen (secondary N) is 1. The van der Waals surface area contributed by atoms with Gasteiger partial charge in [0.05, 0.1) is 0 Å². The Hall–Kier alpha value is 0.270. The fourth-order valence-corrected chi connectivity index (χ4v) is 2.12. The van der Waals surface area contributed by atoms with E-state index in [1.807, 2.05) is 11.8 Å². The number of nitrogens with two attached hydrogens (primary N) is 1. The van der Waals surface area contributed by atoms with E-state index in [9.17, 15) is 0 Å². The van der Waals surface area contributed by atoms with E-state index in [0.29, 0.717) is 6.04 Å². The van der Waals surface area contributed by atoms with Crippen LogP contribution in [0.5, 0.6) is 0 Å². The van der Waals surface area contributed by atoms with Crippen molar-refractivity contribution in [2.45, 2.75) is 39.2 Å². The minimum absolute atomic E-state index is 0.488. The van der Waals surface area contributed by atoms with Gasteiger partial charge in [-0.2, -0.15) is 11.8 Å². The molecule has 0 bridgehead atoms. The van der Waals surface area contributed by atoms with Crippen LogP contribution in [-0.4, -0.2) is 18.1 Å². The highest BCUT2D eigenvalue weighted by atomic mass is 32.2. The first-order valence-electron chi connectivity index (χ1n) is 4.69. The lowest BCUT2D eigenvalue weighted by atomic mass is 9.98. The molecule has 0 saturated heterocycles. The molecular weight excluding hydrogens is 168 g/mol. The van der Waals surface area contributed by atoms with E-state index in [0.717, 1.165) is 11.7 Å². The van der Waals surface area contributed by atoms with Crippen LogP contribution >= 0.6 is 11.8 Å². The Balaban J connectivity index is 3.53. The maximum Gasteiger partial charge on any atom is 0.0303 e. The molecular formula is C9H22N2S. The van der Waals surface area contributed by atoms with Crippen molar-refractivity contribution < 1.29 is 0 Å². The third-order valence-electron chi connectivity index (χ3n) is 2.07. The molecule has 0 spiro atoms. The highest BCUT2D eigenvalue weighted by molar-refractivity contribution is 7.98. The molecule has 0 aliphatic carbocycles. The van der Waals surface area contributed by atoms with Crippen molar-refractivity contribution >= 4 is 11.8 Å². The summed E-state index contributed by atoms with van der Waals surface area (Å²) in [5.74, 6) is 7.35. The molecule has 0 radical (unpaired) electrons. The van der Waals surface area contributed by atoms with E-state index in [4.69, 9.17) is 5.84 Å². The first kappa shape index (κ1) is 12.3. The largest absolute Gasteiger partial charge is 0.271 e. The fourth-order valence-electron chi connectivity index (χ4n) is 1.48. The average molecular weight is 190 g/mol. The minimum atomic E-state index is 0.488. The van der Waals surface area contributed by atoms with Gasteiger partial charge in [-0.1, -0.05) is 26.7 Å². The molecule has 0 amide bonds. The quantitative estimate of drug-likeness (QED) is 0.476. The zero-order valence-corrected chi connectivity index (χ0v) is 9.29. The van der Waals surface area contributed by atoms with Crippen LogP contribution in [0.4, 0.5) is 0 Å². The van der Waals surface area contributed by atoms with Crippen LogP contribution < -0.4 is 11.3 Å². The van der Waals surface area contributed by atoms with Crippen molar-refractivity contribution in [3.05, 3.63) is 0 Å². The predicted octanol–water partition coefficient (Wildman–Crippen LogP) is 2.01. The lowest BCUT2D eigenvalue weighted by Gasteiger charge is -2.18. The molecule has 0 aliphatic heterocycles. The van der Waals surface area contributed by atoms with Crippen molar-refractivity contribution in [3.63, 3.8) is 0 Å². The fraction of sp³-hybridized carbons (Fsp3) is 1.00. The third kappa shape index (κ3) is 5.86. The monoisotopic (exact) mass is 190 g/mol. The van der Waals surface area contributed by atoms with Crippen LogP contribution in [-0.2, 0) is 0 Å². The summed E-state index contributed by atoms with van der Waals surface area (Å²) in [4.78, 5) is 0. The molecule has 0 aliphatic rings. The Morgan fingerprint density at radius 3 is 2.58 bits per heavy atom. The molecule has 0 aromatic carbocycles. The van der Waals surface area contributed by atoms with Crippen LogP contribution in [0, 0.1) is 5.92 Å². The van der Waals surface area contributed by atoms with Crippen molar-refractivity contribution in [1.29, 1.82) is 0 Å². The second-order valence-electron chi connectivity index (χ2n) is 3.45. The van der Waals surface area contributed by atoms with E-state index in [2.05, 4.69) is 25.5 Å². The summed E-state index contributed by atoms with van der Waals surface area (Å²) in [5, 5.41) is 0. The lowest BCUT2D eigenvalue weighted by molar-refractivity contribution is 0.408. The van der Waals surface area contributed by atoms with Gasteiger partial charge in [-0.3, -0.25) is 11.3 Å². The summed E-state index contributed by atoms with van der Waals surface area (Å²) in [6, 6.07) is 0.488. The van der Waals surface area contributed by atoms with Crippen LogP contribution in [0.25, 0.3) is 0 Å². The number of hydrogen-bond acceptors (Lipinski definition) is 3. The molecule has 0 saturated carbocycles. The van der Waals surface area contributed by atoms with Crippen molar-refractivity contribution in [2.75, 3.05) is 12.0 Å². The normalized spacial score (nSPS) is 16.0. The van der Waals surface area contributed by atoms with E-state index in [-0.39, 0.29) is 0 Å². The van der Waals surface area contributed by atoms with Crippen LogP contribution in [0.1, 0.15) is 33.1 Å². The Labute approximate surface area is 80.6 Å². The minimum Gasteiger partial charge on any atom is -0.271 e. The first-order valence-corrected chi connectivity index (χ1v) is 6.09. The summed E-state index contributed by atoms with van der Waals surface area (Å²) in [5.41, 5.74) is 2.87. The molecule has 0 rings (SSSR count). The maximum atomic E-state index is 5.44. The summed E-state index contributed by atoms with van der Waals surface area (Å²) >= 11 is 1.85. The standard InChI is InChI=1S/C9H22N2S/c1-4-5-8(2)6-9(11-10)7-12-3/h8-9,11H,4-7,10H2,1-3H3. The molecule has 3 N–H and O–H groups in total. The molecule has 0 fully saturated rings. The van der Waals surface area contributed by atoms with Gasteiger partial charge in [0.2, 0.25) is 0 Å². The molecule has 0 aromatic heterocycles. The number of thioether (sulfide) groups is 1. The number of hydrogen-bond donors (Lipinski definition) is 2. The van der Waals surface area contributed by atoms with E-state index < -0.39 is 0 Å². The summed E-state index contributed by atoms with van der Waals surface area (Å²) in [6.45, 7) is 4.53. The number of rotatable bonds is 7. The van der Waals surface area contributed by atoms with E-state index >= 15 is 0 Å². The van der Waals surface area contributed by atoms with Gasteiger partial charge in [0.1, 0.15) is 0 Å². The predicted molar refractivity (Wildman–Crippen MR) is 58.2 cm³/mol. The van der Waals surface area contributed by atoms with Gasteiger partial charge in [0, 0.05) is 11.8 Å². The van der Waals surface area contributed by atoms with Crippen molar-refractivity contribution in [3.8, 4) is 0 Å². The molecule has 2 unspecified atom stereocenters. The van der Waals surface area contributed by atoms with Crippen LogP contribution in [0.15, 0.2) is 0 Å². The number of hydrazine groups is 1. The Bertz CT molecular complexity index is 98.5. The summed E-state index contributed by atoms with van der Waals surface area (Å²) in [7, 11) is 0. The Morgan fingerprint density at radius 2 is 2.17 bits per heavy atom. The van der Waals surface area contributed by atoms with Gasteiger partial charge in [-0.05, 0) is 18.6 Å². The molecule has 2 nitrogen and oxygen atoms in total. The van der Waals surface area contributed by atoms with E-state index in [1.165, 1.54) is 19.3 Å². The SMILES string of the molecule is CCCC(C)CC(CSC)NN. The van der Waals surface area contributed by atoms with Crippen LogP contribution in [0.3, 0.4) is 0 Å². The maximum absolute atomic E-state index is 5.44. The third-order valence-corrected chi connectivity index (χ3v) is 2.81. The first-order chi connectivity index (χ1) is 5.74. The molecule has 3 heteroatoms. The molecule has 12 heavy (non-hydrogen) atoms. The zero-order chi connectivity index (χ0) is 9.40. The Morgan fingerprint density at radius 1 is 1.50 bits per heavy atom. The van der Waals surface area contributed by atoms with Gasteiger partial charge >= 0.3 is 0 Å². The second-order valence-corrected chi connectivity index (χ2v) is 4.36. The van der Waals surface area contributed by atoms with Gasteiger partial charge in [-0.25, -0.2) is 0 Å². The lowest BCUT2D eigenvalue weighted by Crippen LogP contribution is -2.38. The topological polar surface area (TPSA) is 38.0 Å². The Kier molecular flexibility index (Phi) is 8.07. The summed E-state index contributed by atoms with van der Waals surface area (Å²) < 4.78 is 0. The smallest absolute Gasteiger partial charge is 0.0303 e. The molecule has 2 atom stereocenters. The highest BCUT2D eigenvalue weighted by Crippen LogP contribution is 2.14. The zero-order valence-electron chi connectivity index (χ0n) is 8.47. The molecule has 0 aromatic rings. The van der Waals surface area contributed by atoms with Gasteiger partial charge in [0.15, 0.2) is 0 Å². The van der Waals surface area contributed by atoms with Crippen molar-refractivity contribution in [2.24, 2.45) is 11.8 Å². The molecule has 0 heterocycles. The van der Waals surface area contributed by atoms with Gasteiger partial charge in [0.25, 0.3) is 0 Å². The van der Waals surface area contributed by atoms with Gasteiger partial charge in [-0.15, -0.1) is 0 Å². The molecule has 74 valence electrons.